The number of carbonyl (C=O) groups excluding carboxylic acids is 1. The Morgan fingerprint density at radius 3 is 2.86 bits per heavy atom. The lowest BCUT2D eigenvalue weighted by Crippen LogP contribution is -2.29. The van der Waals surface area contributed by atoms with Crippen molar-refractivity contribution < 1.29 is 9.53 Å². The molecule has 1 aromatic rings. The van der Waals surface area contributed by atoms with Crippen LogP contribution in [-0.2, 0) is 4.79 Å². The van der Waals surface area contributed by atoms with Crippen LogP contribution in [0.3, 0.4) is 0 Å². The number of rotatable bonds is 6. The lowest BCUT2D eigenvalue weighted by Gasteiger charge is -2.16. The number of amides is 1. The van der Waals surface area contributed by atoms with Gasteiger partial charge in [0.05, 0.1) is 6.61 Å². The van der Waals surface area contributed by atoms with E-state index in [1.165, 1.54) is 11.1 Å². The second-order valence-electron chi connectivity index (χ2n) is 5.93. The summed E-state index contributed by atoms with van der Waals surface area (Å²) < 4.78 is 5.71. The summed E-state index contributed by atoms with van der Waals surface area (Å²) in [5, 5.41) is 0. The zero-order valence-corrected chi connectivity index (χ0v) is 13.1. The maximum absolute atomic E-state index is 12.0. The first-order valence-electron chi connectivity index (χ1n) is 7.78. The van der Waals surface area contributed by atoms with Gasteiger partial charge in [-0.05, 0) is 62.4 Å². The Labute approximate surface area is 127 Å². The molecule has 21 heavy (non-hydrogen) atoms. The number of benzene rings is 1. The van der Waals surface area contributed by atoms with Crippen LogP contribution in [0, 0.1) is 19.8 Å². The van der Waals surface area contributed by atoms with Crippen molar-refractivity contribution in [1.82, 2.24) is 4.90 Å². The van der Waals surface area contributed by atoms with E-state index in [0.717, 1.165) is 31.7 Å². The molecule has 0 unspecified atom stereocenters. The summed E-state index contributed by atoms with van der Waals surface area (Å²) >= 11 is 0. The van der Waals surface area contributed by atoms with Crippen LogP contribution in [0.5, 0.6) is 5.75 Å². The predicted molar refractivity (Wildman–Crippen MR) is 84.4 cm³/mol. The van der Waals surface area contributed by atoms with Gasteiger partial charge in [-0.25, -0.2) is 0 Å². The van der Waals surface area contributed by atoms with Crippen molar-refractivity contribution in [3.05, 3.63) is 29.3 Å². The van der Waals surface area contributed by atoms with Gasteiger partial charge in [-0.1, -0.05) is 6.07 Å². The molecular formula is C17H26N2O2. The van der Waals surface area contributed by atoms with Gasteiger partial charge >= 0.3 is 0 Å². The highest BCUT2D eigenvalue weighted by Crippen LogP contribution is 2.18. The minimum absolute atomic E-state index is 0.231. The number of hydrogen-bond acceptors (Lipinski definition) is 3. The fourth-order valence-electron chi connectivity index (χ4n) is 2.63. The number of ether oxygens (including phenoxy) is 1. The lowest BCUT2D eigenvalue weighted by atomic mass is 10.1. The minimum Gasteiger partial charge on any atom is -0.494 e. The molecule has 1 fully saturated rings. The van der Waals surface area contributed by atoms with Gasteiger partial charge in [-0.15, -0.1) is 0 Å². The van der Waals surface area contributed by atoms with Crippen LogP contribution in [0.2, 0.25) is 0 Å². The maximum atomic E-state index is 12.0. The third-order valence-corrected chi connectivity index (χ3v) is 4.25. The molecule has 4 nitrogen and oxygen atoms in total. The molecule has 2 N–H and O–H groups in total. The fraction of sp³-hybridized carbons (Fsp3) is 0.588. The standard InChI is InChI=1S/C17H26N2O2/c1-13-5-6-16(10-14(13)2)21-9-3-4-17(20)19-8-7-15(11-18)12-19/h5-6,10,15H,3-4,7-9,11-12,18H2,1-2H3/t15-/m1/s1. The van der Waals surface area contributed by atoms with Crippen LogP contribution in [-0.4, -0.2) is 37.0 Å². The van der Waals surface area contributed by atoms with Gasteiger partial charge in [0.15, 0.2) is 0 Å². The molecule has 1 amide bonds. The summed E-state index contributed by atoms with van der Waals surface area (Å²) in [6.45, 7) is 7.11. The second-order valence-corrected chi connectivity index (χ2v) is 5.93. The smallest absolute Gasteiger partial charge is 0.222 e. The highest BCUT2D eigenvalue weighted by molar-refractivity contribution is 5.76. The van der Waals surface area contributed by atoms with E-state index in [0.29, 0.717) is 25.5 Å². The first-order valence-corrected chi connectivity index (χ1v) is 7.78. The molecule has 1 heterocycles. The molecule has 116 valence electrons. The van der Waals surface area contributed by atoms with Gasteiger partial charge in [-0.2, -0.15) is 0 Å². The lowest BCUT2D eigenvalue weighted by molar-refractivity contribution is -0.130. The van der Waals surface area contributed by atoms with Gasteiger partial charge in [0.1, 0.15) is 5.75 Å². The number of likely N-dealkylation sites (tertiary alicyclic amines) is 1. The monoisotopic (exact) mass is 290 g/mol. The van der Waals surface area contributed by atoms with Gasteiger partial charge in [0, 0.05) is 19.5 Å². The quantitative estimate of drug-likeness (QED) is 0.818. The average Bonchev–Trinajstić information content (AvgIpc) is 2.96. The van der Waals surface area contributed by atoms with Crippen LogP contribution >= 0.6 is 0 Å². The van der Waals surface area contributed by atoms with E-state index < -0.39 is 0 Å². The Balaban J connectivity index is 1.67. The van der Waals surface area contributed by atoms with E-state index in [4.69, 9.17) is 10.5 Å². The minimum atomic E-state index is 0.231. The van der Waals surface area contributed by atoms with E-state index in [1.54, 1.807) is 0 Å². The average molecular weight is 290 g/mol. The van der Waals surface area contributed by atoms with Crippen LogP contribution in [0.1, 0.15) is 30.4 Å². The zero-order chi connectivity index (χ0) is 15.2. The summed E-state index contributed by atoms with van der Waals surface area (Å²) in [4.78, 5) is 14.0. The van der Waals surface area contributed by atoms with Gasteiger partial charge < -0.3 is 15.4 Å². The van der Waals surface area contributed by atoms with E-state index >= 15 is 0 Å². The largest absolute Gasteiger partial charge is 0.494 e. The molecule has 1 saturated heterocycles. The van der Waals surface area contributed by atoms with E-state index in [9.17, 15) is 4.79 Å². The normalized spacial score (nSPS) is 18.0. The molecule has 0 aromatic heterocycles. The van der Waals surface area contributed by atoms with E-state index in [2.05, 4.69) is 19.9 Å². The Morgan fingerprint density at radius 1 is 1.38 bits per heavy atom. The highest BCUT2D eigenvalue weighted by Gasteiger charge is 2.24. The van der Waals surface area contributed by atoms with E-state index in [-0.39, 0.29) is 5.91 Å². The molecule has 0 aliphatic carbocycles. The first-order chi connectivity index (χ1) is 10.1. The molecule has 1 aromatic carbocycles. The summed E-state index contributed by atoms with van der Waals surface area (Å²) in [6.07, 6.45) is 2.36. The third kappa shape index (κ3) is 4.46. The van der Waals surface area contributed by atoms with Crippen molar-refractivity contribution in [3.8, 4) is 5.75 Å². The summed E-state index contributed by atoms with van der Waals surface area (Å²) in [5.41, 5.74) is 8.14. The van der Waals surface area contributed by atoms with Crippen LogP contribution in [0.25, 0.3) is 0 Å². The number of nitrogens with zero attached hydrogens (tertiary/aromatic N) is 1. The molecule has 1 aliphatic rings. The summed E-state index contributed by atoms with van der Waals surface area (Å²) in [6, 6.07) is 6.09. The fourth-order valence-corrected chi connectivity index (χ4v) is 2.63. The predicted octanol–water partition coefficient (Wildman–Crippen LogP) is 2.27. The summed E-state index contributed by atoms with van der Waals surface area (Å²) in [5.74, 6) is 1.60. The SMILES string of the molecule is Cc1ccc(OCCCC(=O)N2CC[C@H](CN)C2)cc1C. The topological polar surface area (TPSA) is 55.6 Å². The van der Waals surface area contributed by atoms with Crippen molar-refractivity contribution in [2.24, 2.45) is 11.7 Å². The second kappa shape index (κ2) is 7.46. The first kappa shape index (κ1) is 15.8. The molecule has 0 bridgehead atoms. The molecule has 2 rings (SSSR count). The van der Waals surface area contributed by atoms with Crippen molar-refractivity contribution in [2.45, 2.75) is 33.1 Å². The number of aryl methyl sites for hydroxylation is 2. The van der Waals surface area contributed by atoms with E-state index in [1.807, 2.05) is 17.0 Å². The van der Waals surface area contributed by atoms with Crippen LogP contribution in [0.4, 0.5) is 0 Å². The van der Waals surface area contributed by atoms with Crippen molar-refractivity contribution in [2.75, 3.05) is 26.2 Å². The zero-order valence-electron chi connectivity index (χ0n) is 13.1. The Hall–Kier alpha value is -1.55. The molecule has 0 radical (unpaired) electrons. The maximum Gasteiger partial charge on any atom is 0.222 e. The number of nitrogens with two attached hydrogens (primary N) is 1. The van der Waals surface area contributed by atoms with Crippen molar-refractivity contribution in [3.63, 3.8) is 0 Å². The molecular weight excluding hydrogens is 264 g/mol. The molecule has 0 saturated carbocycles. The van der Waals surface area contributed by atoms with Crippen LogP contribution in [0.15, 0.2) is 18.2 Å². The highest BCUT2D eigenvalue weighted by atomic mass is 16.5. The van der Waals surface area contributed by atoms with Crippen LogP contribution < -0.4 is 10.5 Å². The number of carbonyl (C=O) groups is 1. The Morgan fingerprint density at radius 2 is 2.19 bits per heavy atom. The molecule has 0 spiro atoms. The molecule has 4 heteroatoms. The third-order valence-electron chi connectivity index (χ3n) is 4.25. The molecule has 1 aliphatic heterocycles. The van der Waals surface area contributed by atoms with Gasteiger partial charge in [-0.3, -0.25) is 4.79 Å². The summed E-state index contributed by atoms with van der Waals surface area (Å²) in [7, 11) is 0. The van der Waals surface area contributed by atoms with Gasteiger partial charge in [0.2, 0.25) is 5.91 Å². The van der Waals surface area contributed by atoms with Crippen molar-refractivity contribution in [1.29, 1.82) is 0 Å². The Bertz CT molecular complexity index is 488. The van der Waals surface area contributed by atoms with Gasteiger partial charge in [0.25, 0.3) is 0 Å². The number of hydrogen-bond donors (Lipinski definition) is 1. The van der Waals surface area contributed by atoms with Crippen molar-refractivity contribution >= 4 is 5.91 Å². The Kier molecular flexibility index (Phi) is 5.62. The molecule has 1 atom stereocenters.